The second kappa shape index (κ2) is 12.3. The van der Waals surface area contributed by atoms with Crippen molar-refractivity contribution in [1.29, 1.82) is 0 Å². The Balaban J connectivity index is 2.37. The third-order valence-corrected chi connectivity index (χ3v) is 6.18. The number of carbonyl (C=O) groups excluding carboxylic acids is 2. The van der Waals surface area contributed by atoms with E-state index in [0.29, 0.717) is 11.3 Å². The van der Waals surface area contributed by atoms with E-state index in [1.54, 1.807) is 31.2 Å². The topological polar surface area (TPSA) is 186 Å². The molecule has 0 unspecified atom stereocenters. The molecular formula is C24H30ClN7O4S. The van der Waals surface area contributed by atoms with Gasteiger partial charge in [-0.15, -0.1) is 4.40 Å². The van der Waals surface area contributed by atoms with E-state index in [9.17, 15) is 18.0 Å². The fraction of sp³-hybridized carbons (Fsp3) is 0.208. The Hall–Kier alpha value is -4.03. The number of rotatable bonds is 10. The average Bonchev–Trinajstić information content (AvgIpc) is 2.77. The van der Waals surface area contributed by atoms with Gasteiger partial charge in [-0.2, -0.15) is 8.42 Å². The molecule has 2 amide bonds. The molecule has 8 N–H and O–H groups in total. The molecule has 0 fully saturated rings. The van der Waals surface area contributed by atoms with Gasteiger partial charge < -0.3 is 27.8 Å². The minimum Gasteiger partial charge on any atom is -0.399 e. The van der Waals surface area contributed by atoms with Crippen molar-refractivity contribution in [3.05, 3.63) is 71.4 Å². The number of amides is 2. The summed E-state index contributed by atoms with van der Waals surface area (Å²) in [5.41, 5.74) is 17.8. The number of hydrogen-bond donors (Lipinski definition) is 5. The maximum absolute atomic E-state index is 13.4. The normalized spacial score (nSPS) is 11.8. The van der Waals surface area contributed by atoms with Crippen molar-refractivity contribution >= 4 is 56.5 Å². The van der Waals surface area contributed by atoms with Crippen LogP contribution in [0.3, 0.4) is 0 Å². The van der Waals surface area contributed by atoms with Crippen molar-refractivity contribution in [2.75, 3.05) is 17.6 Å². The van der Waals surface area contributed by atoms with Crippen molar-refractivity contribution in [1.82, 2.24) is 10.2 Å². The first kappa shape index (κ1) is 29.2. The van der Waals surface area contributed by atoms with Crippen molar-refractivity contribution in [3.8, 4) is 0 Å². The zero-order valence-electron chi connectivity index (χ0n) is 20.7. The fourth-order valence-corrected chi connectivity index (χ4v) is 4.37. The summed E-state index contributed by atoms with van der Waals surface area (Å²) < 4.78 is 27.4. The van der Waals surface area contributed by atoms with Gasteiger partial charge in [0, 0.05) is 28.0 Å². The smallest absolute Gasteiger partial charge is 0.285 e. The van der Waals surface area contributed by atoms with E-state index in [1.165, 1.54) is 29.2 Å². The number of hydrogen-bond acceptors (Lipinski definition) is 6. The van der Waals surface area contributed by atoms with Crippen LogP contribution in [0.2, 0.25) is 0 Å². The first-order valence-corrected chi connectivity index (χ1v) is 12.8. The highest BCUT2D eigenvalue weighted by Gasteiger charge is 2.26. The average molecular weight is 548 g/mol. The molecule has 0 aliphatic heterocycles. The zero-order valence-corrected chi connectivity index (χ0v) is 22.2. The number of nitrogens with two attached hydrogens (primary N) is 3. The van der Waals surface area contributed by atoms with Gasteiger partial charge in [-0.05, 0) is 57.2 Å². The number of sulfonamides is 1. The monoisotopic (exact) mass is 547 g/mol. The molecule has 0 aromatic heterocycles. The Morgan fingerprint density at radius 2 is 1.76 bits per heavy atom. The van der Waals surface area contributed by atoms with Gasteiger partial charge in [0.1, 0.15) is 6.54 Å². The van der Waals surface area contributed by atoms with E-state index < -0.39 is 34.3 Å². The first-order valence-electron chi connectivity index (χ1n) is 11.0. The molecule has 0 saturated carbocycles. The molecule has 37 heavy (non-hydrogen) atoms. The van der Waals surface area contributed by atoms with Crippen molar-refractivity contribution in [2.45, 2.75) is 31.7 Å². The summed E-state index contributed by atoms with van der Waals surface area (Å²) >= 11 is 6.40. The van der Waals surface area contributed by atoms with Gasteiger partial charge in [-0.25, -0.2) is 0 Å². The molecule has 2 aromatic rings. The van der Waals surface area contributed by atoms with Gasteiger partial charge in [0.2, 0.25) is 11.9 Å². The quantitative estimate of drug-likeness (QED) is 0.129. The highest BCUT2D eigenvalue weighted by molar-refractivity contribution is 7.90. The van der Waals surface area contributed by atoms with Gasteiger partial charge in [-0.3, -0.25) is 14.5 Å². The number of halogens is 1. The summed E-state index contributed by atoms with van der Waals surface area (Å²) in [5, 5.41) is 5.82. The van der Waals surface area contributed by atoms with Crippen LogP contribution in [0.25, 0.3) is 5.70 Å². The summed E-state index contributed by atoms with van der Waals surface area (Å²) in [7, 11) is -4.08. The van der Waals surface area contributed by atoms with Crippen LogP contribution >= 0.6 is 11.6 Å². The van der Waals surface area contributed by atoms with Gasteiger partial charge in [0.15, 0.2) is 0 Å². The number of guanidine groups is 1. The van der Waals surface area contributed by atoms with Crippen LogP contribution in [-0.4, -0.2) is 43.7 Å². The van der Waals surface area contributed by atoms with E-state index in [0.717, 1.165) is 0 Å². The lowest BCUT2D eigenvalue weighted by atomic mass is 10.1. The van der Waals surface area contributed by atoms with Crippen LogP contribution < -0.4 is 27.8 Å². The third kappa shape index (κ3) is 8.26. The van der Waals surface area contributed by atoms with Crippen molar-refractivity contribution in [2.24, 2.45) is 15.9 Å². The van der Waals surface area contributed by atoms with E-state index in [4.69, 9.17) is 28.8 Å². The van der Waals surface area contributed by atoms with E-state index in [-0.39, 0.29) is 33.1 Å². The Morgan fingerprint density at radius 3 is 2.27 bits per heavy atom. The van der Waals surface area contributed by atoms with Crippen molar-refractivity contribution in [3.63, 3.8) is 0 Å². The van der Waals surface area contributed by atoms with Gasteiger partial charge in [-0.1, -0.05) is 30.3 Å². The zero-order chi connectivity index (χ0) is 27.9. The number of allylic oxidation sites excluding steroid dienone is 1. The van der Waals surface area contributed by atoms with Crippen molar-refractivity contribution < 1.29 is 18.0 Å². The number of carbonyl (C=O) groups is 2. The molecule has 0 spiro atoms. The Kier molecular flexibility index (Phi) is 9.69. The lowest BCUT2D eigenvalue weighted by Crippen LogP contribution is -2.41. The van der Waals surface area contributed by atoms with E-state index in [2.05, 4.69) is 21.6 Å². The highest BCUT2D eigenvalue weighted by Crippen LogP contribution is 2.28. The largest absolute Gasteiger partial charge is 0.399 e. The van der Waals surface area contributed by atoms with Crippen LogP contribution in [0.4, 0.5) is 11.4 Å². The third-order valence-electron chi connectivity index (χ3n) is 4.69. The maximum Gasteiger partial charge on any atom is 0.285 e. The molecule has 0 aliphatic rings. The Labute approximate surface area is 221 Å². The number of anilines is 2. The number of nitrogen functional groups attached to an aromatic ring is 1. The van der Waals surface area contributed by atoms with Crippen LogP contribution in [-0.2, 0) is 19.6 Å². The molecule has 0 bridgehead atoms. The first-order chi connectivity index (χ1) is 17.2. The minimum atomic E-state index is -4.08. The van der Waals surface area contributed by atoms with Crippen LogP contribution in [0.15, 0.2) is 75.1 Å². The number of nitrogens with zero attached hydrogens (tertiary/aromatic N) is 2. The van der Waals surface area contributed by atoms with E-state index in [1.807, 2.05) is 13.8 Å². The SMILES string of the molecule is C=C(NC(C)C)C(=O)N(CC(=O)Nc1ccc(S(=O)(=O)N=C(N)N)cc1)/C(=C(\C)Cl)c1cccc(N)c1. The second-order valence-corrected chi connectivity index (χ2v) is 10.4. The fourth-order valence-electron chi connectivity index (χ4n) is 3.30. The second-order valence-electron chi connectivity index (χ2n) is 8.24. The van der Waals surface area contributed by atoms with Gasteiger partial charge in [0.25, 0.3) is 15.9 Å². The molecule has 0 atom stereocenters. The lowest BCUT2D eigenvalue weighted by molar-refractivity contribution is -0.128. The number of nitrogens with one attached hydrogen (secondary N) is 2. The predicted octanol–water partition coefficient (Wildman–Crippen LogP) is 2.14. The molecule has 11 nitrogen and oxygen atoms in total. The van der Waals surface area contributed by atoms with Crippen LogP contribution in [0.1, 0.15) is 26.3 Å². The lowest BCUT2D eigenvalue weighted by Gasteiger charge is -2.28. The predicted molar refractivity (Wildman–Crippen MR) is 146 cm³/mol. The summed E-state index contributed by atoms with van der Waals surface area (Å²) in [6.45, 7) is 8.65. The summed E-state index contributed by atoms with van der Waals surface area (Å²) in [6.07, 6.45) is 0. The summed E-state index contributed by atoms with van der Waals surface area (Å²) in [5.74, 6) is -1.75. The van der Waals surface area contributed by atoms with Gasteiger partial charge >= 0.3 is 0 Å². The van der Waals surface area contributed by atoms with Crippen LogP contribution in [0, 0.1) is 0 Å². The standard InChI is InChI=1S/C24H30ClN7O4S/c1-14(2)29-16(4)23(34)32(22(15(3)25)17-6-5-7-18(26)12-17)13-21(33)30-19-8-10-20(11-9-19)37(35,36)31-24(27)28/h5-12,14,29H,4,13,26H2,1-3H3,(H,30,33)(H4,27,28,31)/b22-15+. The molecule has 0 heterocycles. The Bertz CT molecular complexity index is 1350. The molecule has 0 saturated heterocycles. The van der Waals surface area contributed by atoms with Gasteiger partial charge in [0.05, 0.1) is 16.3 Å². The summed E-state index contributed by atoms with van der Waals surface area (Å²) in [4.78, 5) is 27.4. The maximum atomic E-state index is 13.4. The molecule has 13 heteroatoms. The molecule has 2 rings (SSSR count). The molecule has 198 valence electrons. The number of benzene rings is 2. The minimum absolute atomic E-state index is 0.0661. The molecule has 0 radical (unpaired) electrons. The summed E-state index contributed by atoms with van der Waals surface area (Å²) in [6, 6.07) is 11.8. The highest BCUT2D eigenvalue weighted by atomic mass is 35.5. The molecule has 0 aliphatic carbocycles. The van der Waals surface area contributed by atoms with E-state index >= 15 is 0 Å². The van der Waals surface area contributed by atoms with Crippen LogP contribution in [0.5, 0.6) is 0 Å². The molecule has 2 aromatic carbocycles. The molecular weight excluding hydrogens is 518 g/mol. The Morgan fingerprint density at radius 1 is 1.14 bits per heavy atom.